The number of carboxylic acid groups (broad SMARTS) is 1. The van der Waals surface area contributed by atoms with Crippen LogP contribution >= 0.6 is 0 Å². The average Bonchev–Trinajstić information content (AvgIpc) is 3.25. The largest absolute Gasteiger partial charge is 0.479 e. The second-order valence-electron chi connectivity index (χ2n) is 5.22. The molecule has 0 spiro atoms. The number of carbonyl (C=O) groups is 2. The van der Waals surface area contributed by atoms with Crippen LogP contribution < -0.4 is 0 Å². The lowest BCUT2D eigenvalue weighted by atomic mass is 9.97. The molecule has 5 nitrogen and oxygen atoms in total. The Morgan fingerprint density at radius 3 is 2.57 bits per heavy atom. The van der Waals surface area contributed by atoms with Crippen LogP contribution in [0.4, 0.5) is 8.78 Å². The standard InChI is InChI=1S/C14H13F2NO4/c15-9-4-1-7(5-10(9)16)12-13(14(19)20)21-6-11(18)17(12)8-2-3-8/h1,4-5,8,12-13H,2-3,6H2,(H,19,20). The van der Waals surface area contributed by atoms with Crippen LogP contribution in [-0.4, -0.2) is 40.6 Å². The van der Waals surface area contributed by atoms with Crippen LogP contribution in [0.15, 0.2) is 18.2 Å². The summed E-state index contributed by atoms with van der Waals surface area (Å²) in [5.41, 5.74) is 0.223. The molecule has 3 rings (SSSR count). The summed E-state index contributed by atoms with van der Waals surface area (Å²) in [6, 6.07) is 2.14. The molecule has 1 heterocycles. The monoisotopic (exact) mass is 297 g/mol. The molecular formula is C14H13F2NO4. The van der Waals surface area contributed by atoms with Crippen LogP contribution in [-0.2, 0) is 14.3 Å². The number of carbonyl (C=O) groups excluding carboxylic acids is 1. The Hall–Kier alpha value is -2.02. The fourth-order valence-electron chi connectivity index (χ4n) is 2.65. The zero-order valence-corrected chi connectivity index (χ0v) is 11.0. The van der Waals surface area contributed by atoms with Gasteiger partial charge in [-0.2, -0.15) is 0 Å². The fourth-order valence-corrected chi connectivity index (χ4v) is 2.65. The van der Waals surface area contributed by atoms with E-state index in [9.17, 15) is 23.5 Å². The number of hydrogen-bond acceptors (Lipinski definition) is 3. The highest BCUT2D eigenvalue weighted by Gasteiger charge is 2.47. The molecule has 0 radical (unpaired) electrons. The zero-order valence-electron chi connectivity index (χ0n) is 11.0. The molecule has 21 heavy (non-hydrogen) atoms. The Balaban J connectivity index is 2.03. The van der Waals surface area contributed by atoms with E-state index in [-0.39, 0.29) is 24.1 Å². The number of aliphatic carboxylic acids is 1. The highest BCUT2D eigenvalue weighted by molar-refractivity contribution is 5.83. The minimum atomic E-state index is -1.28. The number of morpholine rings is 1. The molecule has 2 unspecified atom stereocenters. The summed E-state index contributed by atoms with van der Waals surface area (Å²) in [5, 5.41) is 9.27. The van der Waals surface area contributed by atoms with Gasteiger partial charge in [-0.1, -0.05) is 6.07 Å². The Bertz CT molecular complexity index is 603. The van der Waals surface area contributed by atoms with Gasteiger partial charge in [0.25, 0.3) is 0 Å². The maximum absolute atomic E-state index is 13.4. The van der Waals surface area contributed by atoms with E-state index in [0.29, 0.717) is 0 Å². The number of benzene rings is 1. The zero-order chi connectivity index (χ0) is 15.1. The Morgan fingerprint density at radius 1 is 1.29 bits per heavy atom. The lowest BCUT2D eigenvalue weighted by Gasteiger charge is -2.39. The van der Waals surface area contributed by atoms with Crippen molar-refractivity contribution in [1.29, 1.82) is 0 Å². The van der Waals surface area contributed by atoms with Crippen LogP contribution in [0.5, 0.6) is 0 Å². The molecule has 2 aliphatic rings. The minimum absolute atomic E-state index is 0.0543. The molecule has 0 aromatic heterocycles. The molecule has 2 fully saturated rings. The van der Waals surface area contributed by atoms with Gasteiger partial charge in [0.1, 0.15) is 6.61 Å². The fraction of sp³-hybridized carbons (Fsp3) is 0.429. The van der Waals surface area contributed by atoms with Crippen molar-refractivity contribution in [3.8, 4) is 0 Å². The van der Waals surface area contributed by atoms with E-state index in [1.54, 1.807) is 0 Å². The van der Waals surface area contributed by atoms with Gasteiger partial charge in [0.2, 0.25) is 5.91 Å². The Morgan fingerprint density at radius 2 is 2.00 bits per heavy atom. The van der Waals surface area contributed by atoms with Crippen LogP contribution in [0.3, 0.4) is 0 Å². The molecule has 1 aliphatic heterocycles. The molecule has 1 amide bonds. The molecule has 1 saturated heterocycles. The van der Waals surface area contributed by atoms with Crippen molar-refractivity contribution in [2.24, 2.45) is 0 Å². The second-order valence-corrected chi connectivity index (χ2v) is 5.22. The summed E-state index contributed by atoms with van der Waals surface area (Å²) in [4.78, 5) is 24.8. The van der Waals surface area contributed by atoms with E-state index in [4.69, 9.17) is 4.74 Å². The van der Waals surface area contributed by atoms with Crippen molar-refractivity contribution in [2.75, 3.05) is 6.61 Å². The Kier molecular flexibility index (Phi) is 3.36. The number of ether oxygens (including phenoxy) is 1. The summed E-state index contributed by atoms with van der Waals surface area (Å²) in [6.07, 6.45) is 0.268. The molecule has 1 N–H and O–H groups in total. The number of nitrogens with zero attached hydrogens (tertiary/aromatic N) is 1. The lowest BCUT2D eigenvalue weighted by Crippen LogP contribution is -2.52. The van der Waals surface area contributed by atoms with Crippen molar-refractivity contribution in [1.82, 2.24) is 4.90 Å². The molecule has 7 heteroatoms. The molecule has 1 aromatic rings. The Labute approximate surface area is 119 Å². The first kappa shape index (κ1) is 13.9. The van der Waals surface area contributed by atoms with Gasteiger partial charge < -0.3 is 14.7 Å². The summed E-state index contributed by atoms with van der Waals surface area (Å²) in [6.45, 7) is -0.312. The predicted molar refractivity (Wildman–Crippen MR) is 66.3 cm³/mol. The third-order valence-corrected chi connectivity index (χ3v) is 3.73. The van der Waals surface area contributed by atoms with Gasteiger partial charge in [0.05, 0.1) is 6.04 Å². The second kappa shape index (κ2) is 5.07. The van der Waals surface area contributed by atoms with E-state index < -0.39 is 29.7 Å². The van der Waals surface area contributed by atoms with Crippen molar-refractivity contribution in [2.45, 2.75) is 31.0 Å². The number of carboxylic acids is 1. The first-order chi connectivity index (χ1) is 9.99. The van der Waals surface area contributed by atoms with Crippen molar-refractivity contribution in [3.05, 3.63) is 35.4 Å². The third-order valence-electron chi connectivity index (χ3n) is 3.73. The van der Waals surface area contributed by atoms with Crippen LogP contribution in [0.1, 0.15) is 24.4 Å². The molecule has 1 aliphatic carbocycles. The SMILES string of the molecule is O=C(O)C1OCC(=O)N(C2CC2)C1c1ccc(F)c(F)c1. The van der Waals surface area contributed by atoms with Crippen molar-refractivity contribution in [3.63, 3.8) is 0 Å². The first-order valence-corrected chi connectivity index (χ1v) is 6.59. The van der Waals surface area contributed by atoms with Gasteiger partial charge >= 0.3 is 5.97 Å². The lowest BCUT2D eigenvalue weighted by molar-refractivity contribution is -0.174. The normalized spacial score (nSPS) is 26.0. The van der Waals surface area contributed by atoms with E-state index >= 15 is 0 Å². The van der Waals surface area contributed by atoms with Gasteiger partial charge in [0.15, 0.2) is 17.7 Å². The van der Waals surface area contributed by atoms with Gasteiger partial charge in [0, 0.05) is 6.04 Å². The van der Waals surface area contributed by atoms with Crippen LogP contribution in [0, 0.1) is 11.6 Å². The maximum Gasteiger partial charge on any atom is 0.335 e. The number of hydrogen-bond donors (Lipinski definition) is 1. The summed E-state index contributed by atoms with van der Waals surface area (Å²) in [7, 11) is 0. The van der Waals surface area contributed by atoms with Gasteiger partial charge in [-0.25, -0.2) is 13.6 Å². The highest BCUT2D eigenvalue weighted by atomic mass is 19.2. The van der Waals surface area contributed by atoms with Gasteiger partial charge in [-0.3, -0.25) is 4.79 Å². The predicted octanol–water partition coefficient (Wildman–Crippen LogP) is 1.48. The minimum Gasteiger partial charge on any atom is -0.479 e. The first-order valence-electron chi connectivity index (χ1n) is 6.59. The van der Waals surface area contributed by atoms with Gasteiger partial charge in [-0.05, 0) is 30.5 Å². The van der Waals surface area contributed by atoms with Crippen LogP contribution in [0.2, 0.25) is 0 Å². The summed E-state index contributed by atoms with van der Waals surface area (Å²) < 4.78 is 31.6. The average molecular weight is 297 g/mol. The van der Waals surface area contributed by atoms with Gasteiger partial charge in [-0.15, -0.1) is 0 Å². The smallest absolute Gasteiger partial charge is 0.335 e. The molecule has 1 aromatic carbocycles. The summed E-state index contributed by atoms with van der Waals surface area (Å²) in [5.74, 6) is -3.66. The maximum atomic E-state index is 13.4. The summed E-state index contributed by atoms with van der Waals surface area (Å²) >= 11 is 0. The quantitative estimate of drug-likeness (QED) is 0.917. The number of halogens is 2. The van der Waals surface area contributed by atoms with Crippen molar-refractivity contribution >= 4 is 11.9 Å². The molecular weight excluding hydrogens is 284 g/mol. The topological polar surface area (TPSA) is 66.8 Å². The molecule has 112 valence electrons. The van der Waals surface area contributed by atoms with Crippen molar-refractivity contribution < 1.29 is 28.2 Å². The van der Waals surface area contributed by atoms with E-state index in [2.05, 4.69) is 0 Å². The molecule has 1 saturated carbocycles. The van der Waals surface area contributed by atoms with E-state index in [1.807, 2.05) is 0 Å². The third kappa shape index (κ3) is 2.49. The highest BCUT2D eigenvalue weighted by Crippen LogP contribution is 2.39. The number of amides is 1. The molecule has 0 bridgehead atoms. The molecule has 2 atom stereocenters. The van der Waals surface area contributed by atoms with E-state index in [1.165, 1.54) is 11.0 Å². The van der Waals surface area contributed by atoms with Crippen LogP contribution in [0.25, 0.3) is 0 Å². The number of rotatable bonds is 3. The van der Waals surface area contributed by atoms with E-state index in [0.717, 1.165) is 25.0 Å².